The van der Waals surface area contributed by atoms with Gasteiger partial charge in [0.2, 0.25) is 5.91 Å². The maximum atomic E-state index is 12.6. The number of ether oxygens (including phenoxy) is 1. The minimum absolute atomic E-state index is 0.0322. The van der Waals surface area contributed by atoms with E-state index in [4.69, 9.17) is 4.74 Å². The van der Waals surface area contributed by atoms with Crippen LogP contribution in [0.5, 0.6) is 0 Å². The lowest BCUT2D eigenvalue weighted by molar-refractivity contribution is -0.115. The number of thiophene rings is 1. The number of amides is 1. The third-order valence-electron chi connectivity index (χ3n) is 4.22. The van der Waals surface area contributed by atoms with Gasteiger partial charge >= 0.3 is 5.97 Å². The zero-order valence-electron chi connectivity index (χ0n) is 15.2. The number of nitrogens with zero attached hydrogens (tertiary/aromatic N) is 1. The minimum atomic E-state index is -0.456. The Morgan fingerprint density at radius 1 is 1.22 bits per heavy atom. The van der Waals surface area contributed by atoms with Crippen LogP contribution in [0.15, 0.2) is 29.1 Å². The molecule has 7 nitrogen and oxygen atoms in total. The molecule has 3 aromatic rings. The summed E-state index contributed by atoms with van der Waals surface area (Å²) >= 11 is 1.33. The number of aromatic nitrogens is 2. The fourth-order valence-corrected chi connectivity index (χ4v) is 3.86. The monoisotopic (exact) mass is 385 g/mol. The molecule has 27 heavy (non-hydrogen) atoms. The number of fused-ring (bicyclic) bond motifs is 1. The van der Waals surface area contributed by atoms with Gasteiger partial charge in [0, 0.05) is 10.3 Å². The third-order valence-corrected chi connectivity index (χ3v) is 5.34. The average molecular weight is 385 g/mol. The maximum Gasteiger partial charge on any atom is 0.341 e. The first-order chi connectivity index (χ1) is 12.9. The van der Waals surface area contributed by atoms with Crippen molar-refractivity contribution in [2.45, 2.75) is 27.2 Å². The number of nitrogens with one attached hydrogen (secondary N) is 2. The normalized spacial score (nSPS) is 10.8. The van der Waals surface area contributed by atoms with Gasteiger partial charge in [0.15, 0.2) is 0 Å². The van der Waals surface area contributed by atoms with Crippen molar-refractivity contribution in [3.8, 4) is 0 Å². The Labute approximate surface area is 159 Å². The number of carbonyl (C=O) groups excluding carboxylic acids is 2. The Bertz CT molecular complexity index is 1080. The molecule has 0 fully saturated rings. The molecule has 2 aromatic heterocycles. The second-order valence-corrected chi connectivity index (χ2v) is 7.20. The highest BCUT2D eigenvalue weighted by Gasteiger charge is 2.22. The average Bonchev–Trinajstić information content (AvgIpc) is 2.91. The fraction of sp³-hybridized carbons (Fsp3) is 0.263. The largest absolute Gasteiger partial charge is 0.462 e. The number of hydrogen-bond donors (Lipinski definition) is 2. The zero-order chi connectivity index (χ0) is 19.6. The standard InChI is InChI=1S/C19H19N3O4S/c1-4-26-19(25)16-10(2)11(3)27-18(16)20-15(23)9-14-12-7-5-6-8-13(12)17(24)22-21-14/h5-8H,4,9H2,1-3H3,(H,20,23)(H,22,24). The highest BCUT2D eigenvalue weighted by atomic mass is 32.1. The summed E-state index contributed by atoms with van der Waals surface area (Å²) in [7, 11) is 0. The second-order valence-electron chi connectivity index (χ2n) is 5.98. The molecule has 2 N–H and O–H groups in total. The zero-order valence-corrected chi connectivity index (χ0v) is 16.0. The van der Waals surface area contributed by atoms with Gasteiger partial charge in [0.25, 0.3) is 5.56 Å². The van der Waals surface area contributed by atoms with Gasteiger partial charge in [0.1, 0.15) is 5.00 Å². The molecule has 0 saturated carbocycles. The van der Waals surface area contributed by atoms with E-state index in [1.165, 1.54) is 11.3 Å². The molecule has 0 spiro atoms. The van der Waals surface area contributed by atoms with Gasteiger partial charge in [-0.25, -0.2) is 9.89 Å². The van der Waals surface area contributed by atoms with Gasteiger partial charge in [-0.1, -0.05) is 18.2 Å². The van der Waals surface area contributed by atoms with Crippen molar-refractivity contribution in [1.82, 2.24) is 10.2 Å². The van der Waals surface area contributed by atoms with Crippen molar-refractivity contribution in [3.05, 3.63) is 56.3 Å². The number of aromatic amines is 1. The fourth-order valence-electron chi connectivity index (χ4n) is 2.79. The molecule has 1 amide bonds. The Balaban J connectivity index is 1.88. The van der Waals surface area contributed by atoms with E-state index in [-0.39, 0.29) is 24.5 Å². The van der Waals surface area contributed by atoms with E-state index >= 15 is 0 Å². The van der Waals surface area contributed by atoms with E-state index in [0.29, 0.717) is 27.0 Å². The summed E-state index contributed by atoms with van der Waals surface area (Å²) in [5.41, 5.74) is 1.34. The van der Waals surface area contributed by atoms with Crippen LogP contribution >= 0.6 is 11.3 Å². The van der Waals surface area contributed by atoms with Crippen molar-refractivity contribution in [1.29, 1.82) is 0 Å². The molecule has 0 saturated heterocycles. The lowest BCUT2D eigenvalue weighted by Gasteiger charge is -2.08. The molecule has 0 unspecified atom stereocenters. The maximum absolute atomic E-state index is 12.6. The van der Waals surface area contributed by atoms with Crippen molar-refractivity contribution < 1.29 is 14.3 Å². The molecule has 0 aliphatic heterocycles. The van der Waals surface area contributed by atoms with Crippen LogP contribution in [0.3, 0.4) is 0 Å². The minimum Gasteiger partial charge on any atom is -0.462 e. The predicted molar refractivity (Wildman–Crippen MR) is 104 cm³/mol. The van der Waals surface area contributed by atoms with Crippen molar-refractivity contribution in [2.24, 2.45) is 0 Å². The van der Waals surface area contributed by atoms with Gasteiger partial charge < -0.3 is 10.1 Å². The SMILES string of the molecule is CCOC(=O)c1c(NC(=O)Cc2n[nH]c(=O)c3ccccc23)sc(C)c1C. The summed E-state index contributed by atoms with van der Waals surface area (Å²) in [6.07, 6.45) is -0.0322. The molecule has 0 bridgehead atoms. The summed E-state index contributed by atoms with van der Waals surface area (Å²) in [4.78, 5) is 37.6. The molecule has 2 heterocycles. The van der Waals surface area contributed by atoms with Crippen LogP contribution in [0.4, 0.5) is 5.00 Å². The van der Waals surface area contributed by atoms with Crippen LogP contribution in [0.25, 0.3) is 10.8 Å². The molecule has 3 rings (SSSR count). The van der Waals surface area contributed by atoms with Crippen LogP contribution in [-0.4, -0.2) is 28.7 Å². The summed E-state index contributed by atoms with van der Waals surface area (Å²) in [6.45, 7) is 5.70. The smallest absolute Gasteiger partial charge is 0.341 e. The number of H-pyrrole nitrogens is 1. The second kappa shape index (κ2) is 7.71. The van der Waals surface area contributed by atoms with E-state index < -0.39 is 5.97 Å². The topological polar surface area (TPSA) is 101 Å². The van der Waals surface area contributed by atoms with Crippen LogP contribution in [0.1, 0.15) is 33.4 Å². The number of anilines is 1. The number of aryl methyl sites for hydroxylation is 1. The van der Waals surface area contributed by atoms with Crippen molar-refractivity contribution in [3.63, 3.8) is 0 Å². The molecule has 0 aliphatic rings. The first-order valence-corrected chi connectivity index (χ1v) is 9.27. The molecule has 0 atom stereocenters. The molecular formula is C19H19N3O4S. The molecule has 0 radical (unpaired) electrons. The van der Waals surface area contributed by atoms with E-state index in [0.717, 1.165) is 10.4 Å². The van der Waals surface area contributed by atoms with E-state index in [9.17, 15) is 14.4 Å². The Morgan fingerprint density at radius 3 is 2.63 bits per heavy atom. The molecule has 1 aromatic carbocycles. The molecule has 0 aliphatic carbocycles. The molecule has 8 heteroatoms. The van der Waals surface area contributed by atoms with E-state index in [1.807, 2.05) is 13.8 Å². The first-order valence-electron chi connectivity index (χ1n) is 8.45. The number of esters is 1. The number of rotatable bonds is 5. The first kappa shape index (κ1) is 18.8. The predicted octanol–water partition coefficient (Wildman–Crippen LogP) is 2.96. The number of benzene rings is 1. The Kier molecular flexibility index (Phi) is 5.36. The number of carbonyl (C=O) groups is 2. The van der Waals surface area contributed by atoms with E-state index in [1.54, 1.807) is 31.2 Å². The Hall–Kier alpha value is -3.00. The lowest BCUT2D eigenvalue weighted by atomic mass is 10.1. The van der Waals surface area contributed by atoms with Gasteiger partial charge in [-0.05, 0) is 32.4 Å². The van der Waals surface area contributed by atoms with E-state index in [2.05, 4.69) is 15.5 Å². The summed E-state index contributed by atoms with van der Waals surface area (Å²) in [5.74, 6) is -0.784. The van der Waals surface area contributed by atoms with Crippen LogP contribution in [0, 0.1) is 13.8 Å². The van der Waals surface area contributed by atoms with Gasteiger partial charge in [-0.2, -0.15) is 5.10 Å². The third kappa shape index (κ3) is 3.75. The van der Waals surface area contributed by atoms with Crippen LogP contribution < -0.4 is 10.9 Å². The molecule has 140 valence electrons. The summed E-state index contributed by atoms with van der Waals surface area (Å²) in [5, 5.41) is 10.8. The van der Waals surface area contributed by atoms with Gasteiger partial charge in [0.05, 0.1) is 29.7 Å². The quantitative estimate of drug-likeness (QED) is 0.658. The molecular weight excluding hydrogens is 366 g/mol. The Morgan fingerprint density at radius 2 is 1.93 bits per heavy atom. The highest BCUT2D eigenvalue weighted by molar-refractivity contribution is 7.16. The van der Waals surface area contributed by atoms with Gasteiger partial charge in [-0.3, -0.25) is 9.59 Å². The summed E-state index contributed by atoms with van der Waals surface area (Å²) in [6, 6.07) is 6.98. The highest BCUT2D eigenvalue weighted by Crippen LogP contribution is 2.33. The lowest BCUT2D eigenvalue weighted by Crippen LogP contribution is -2.19. The van der Waals surface area contributed by atoms with Crippen molar-refractivity contribution in [2.75, 3.05) is 11.9 Å². The van der Waals surface area contributed by atoms with Crippen LogP contribution in [0.2, 0.25) is 0 Å². The van der Waals surface area contributed by atoms with Gasteiger partial charge in [-0.15, -0.1) is 11.3 Å². The van der Waals surface area contributed by atoms with Crippen molar-refractivity contribution >= 4 is 39.0 Å². The summed E-state index contributed by atoms with van der Waals surface area (Å²) < 4.78 is 5.10. The van der Waals surface area contributed by atoms with Crippen LogP contribution in [-0.2, 0) is 16.0 Å². The number of hydrogen-bond acceptors (Lipinski definition) is 6.